The van der Waals surface area contributed by atoms with Crippen LogP contribution < -0.4 is 9.64 Å². The number of halogens is 1. The zero-order chi connectivity index (χ0) is 29.6. The maximum atomic E-state index is 14.0. The Morgan fingerprint density at radius 2 is 2.02 bits per heavy atom. The summed E-state index contributed by atoms with van der Waals surface area (Å²) in [6.45, 7) is 2.96. The van der Waals surface area contributed by atoms with E-state index in [0.717, 1.165) is 45.7 Å². The van der Waals surface area contributed by atoms with E-state index in [1.54, 1.807) is 11.0 Å². The normalized spacial score (nSPS) is 21.0. The number of hydrogen-bond donors (Lipinski definition) is 2. The molecular weight excluding hydrogens is 647 g/mol. The summed E-state index contributed by atoms with van der Waals surface area (Å²) in [4.78, 5) is 29.5. The van der Waals surface area contributed by atoms with E-state index in [2.05, 4.69) is 47.7 Å². The molecule has 1 saturated carbocycles. The summed E-state index contributed by atoms with van der Waals surface area (Å²) in [5.41, 5.74) is 0.954. The number of fused-ring (bicyclic) bond motifs is 2. The zero-order valence-corrected chi connectivity index (χ0v) is 26.1. The second kappa shape index (κ2) is 11.1. The van der Waals surface area contributed by atoms with E-state index in [0.29, 0.717) is 43.2 Å². The van der Waals surface area contributed by atoms with Gasteiger partial charge in [0.15, 0.2) is 0 Å². The summed E-state index contributed by atoms with van der Waals surface area (Å²) in [6.07, 6.45) is 3.50. The molecule has 220 valence electrons. The third-order valence-corrected chi connectivity index (χ3v) is 9.45. The fourth-order valence-electron chi connectivity index (χ4n) is 6.39. The lowest BCUT2D eigenvalue weighted by Crippen LogP contribution is -2.48. The van der Waals surface area contributed by atoms with E-state index in [1.807, 2.05) is 23.1 Å². The van der Waals surface area contributed by atoms with Crippen molar-refractivity contribution < 1.29 is 19.7 Å². The number of carbonyl (C=O) groups is 1. The van der Waals surface area contributed by atoms with Crippen molar-refractivity contribution in [2.45, 2.75) is 50.8 Å². The maximum Gasteiger partial charge on any atom is 0.318 e. The molecule has 3 aromatic rings. The number of phenolic OH excluding ortho intramolecular Hbond substituents is 1. The van der Waals surface area contributed by atoms with Gasteiger partial charge in [-0.1, -0.05) is 12.1 Å². The van der Waals surface area contributed by atoms with Crippen LogP contribution in [0.25, 0.3) is 10.8 Å². The standard InChI is InChI=1S/C31H35IN6O4/c1-36(2)17-30(8-9-30)19-42-29-34-25-16-38(28(40)22-14-21(39)13-20-5-3-6-24(32)26(20)22)15-23(25)27(35-29)37-12-4-7-31(41,18-37)10-11-33/h3,5-6,13-14,39,41H,4,7-10,12,15-19H2,1-2H3. The minimum Gasteiger partial charge on any atom is -0.508 e. The minimum atomic E-state index is -1.12. The Bertz CT molecular complexity index is 1590. The van der Waals surface area contributed by atoms with Gasteiger partial charge in [-0.15, -0.1) is 0 Å². The minimum absolute atomic E-state index is 0.0394. The molecule has 1 atom stereocenters. The predicted molar refractivity (Wildman–Crippen MR) is 166 cm³/mol. The van der Waals surface area contributed by atoms with Gasteiger partial charge in [-0.05, 0) is 86.0 Å². The molecule has 0 bridgehead atoms. The second-order valence-corrected chi connectivity index (χ2v) is 13.5. The molecule has 1 amide bonds. The lowest BCUT2D eigenvalue weighted by Gasteiger charge is -2.39. The Balaban J connectivity index is 1.33. The van der Waals surface area contributed by atoms with Gasteiger partial charge in [-0.3, -0.25) is 4.79 Å². The predicted octanol–water partition coefficient (Wildman–Crippen LogP) is 4.06. The molecule has 1 aromatic heterocycles. The number of anilines is 1. The molecule has 2 aromatic carbocycles. The molecule has 0 radical (unpaired) electrons. The van der Waals surface area contributed by atoms with Crippen molar-refractivity contribution in [1.29, 1.82) is 5.26 Å². The number of aromatic nitrogens is 2. The Labute approximate surface area is 259 Å². The van der Waals surface area contributed by atoms with Gasteiger partial charge < -0.3 is 29.6 Å². The van der Waals surface area contributed by atoms with Gasteiger partial charge in [0.2, 0.25) is 0 Å². The number of carbonyl (C=O) groups excluding carboxylic acids is 1. The first-order chi connectivity index (χ1) is 20.1. The third kappa shape index (κ3) is 5.72. The van der Waals surface area contributed by atoms with Gasteiger partial charge in [0.05, 0.1) is 49.0 Å². The highest BCUT2D eigenvalue weighted by molar-refractivity contribution is 14.1. The van der Waals surface area contributed by atoms with Crippen molar-refractivity contribution >= 4 is 45.1 Å². The molecule has 11 heteroatoms. The highest BCUT2D eigenvalue weighted by Crippen LogP contribution is 2.46. The van der Waals surface area contributed by atoms with Crippen LogP contribution in [0.3, 0.4) is 0 Å². The van der Waals surface area contributed by atoms with Gasteiger partial charge in [-0.25, -0.2) is 0 Å². The molecule has 2 aliphatic heterocycles. The number of benzene rings is 2. The molecule has 1 aliphatic carbocycles. The van der Waals surface area contributed by atoms with Crippen molar-refractivity contribution in [3.8, 4) is 17.8 Å². The fraction of sp³-hybridized carbons (Fsp3) is 0.484. The summed E-state index contributed by atoms with van der Waals surface area (Å²) in [6, 6.07) is 11.3. The molecule has 2 fully saturated rings. The lowest BCUT2D eigenvalue weighted by atomic mass is 9.90. The first-order valence-corrected chi connectivity index (χ1v) is 15.4. The van der Waals surface area contributed by atoms with E-state index in [-0.39, 0.29) is 42.6 Å². The van der Waals surface area contributed by atoms with Crippen molar-refractivity contribution in [3.63, 3.8) is 0 Å². The largest absolute Gasteiger partial charge is 0.508 e. The quantitative estimate of drug-likeness (QED) is 0.339. The van der Waals surface area contributed by atoms with Crippen molar-refractivity contribution in [1.82, 2.24) is 19.8 Å². The smallest absolute Gasteiger partial charge is 0.318 e. The molecule has 6 rings (SSSR count). The summed E-state index contributed by atoms with van der Waals surface area (Å²) >= 11 is 2.22. The van der Waals surface area contributed by atoms with Crippen LogP contribution in [-0.2, 0) is 13.1 Å². The van der Waals surface area contributed by atoms with Crippen LogP contribution in [0.2, 0.25) is 0 Å². The van der Waals surface area contributed by atoms with Crippen LogP contribution in [0.4, 0.5) is 5.82 Å². The van der Waals surface area contributed by atoms with Crippen molar-refractivity contribution in [3.05, 3.63) is 50.7 Å². The Morgan fingerprint density at radius 1 is 1.21 bits per heavy atom. The molecule has 3 heterocycles. The molecule has 1 unspecified atom stereocenters. The van der Waals surface area contributed by atoms with E-state index < -0.39 is 5.60 Å². The fourth-order valence-corrected chi connectivity index (χ4v) is 7.20. The Kier molecular flexibility index (Phi) is 7.66. The zero-order valence-electron chi connectivity index (χ0n) is 23.9. The number of nitriles is 1. The summed E-state index contributed by atoms with van der Waals surface area (Å²) in [7, 11) is 4.12. The van der Waals surface area contributed by atoms with Gasteiger partial charge in [0.25, 0.3) is 5.91 Å². The van der Waals surface area contributed by atoms with Crippen LogP contribution in [0, 0.1) is 20.3 Å². The Morgan fingerprint density at radius 3 is 2.76 bits per heavy atom. The number of ether oxygens (including phenoxy) is 1. The molecule has 10 nitrogen and oxygen atoms in total. The average Bonchev–Trinajstić information content (AvgIpc) is 3.55. The number of aliphatic hydroxyl groups is 1. The number of nitrogens with zero attached hydrogens (tertiary/aromatic N) is 6. The van der Waals surface area contributed by atoms with E-state index in [9.17, 15) is 20.3 Å². The number of hydrogen-bond acceptors (Lipinski definition) is 9. The monoisotopic (exact) mass is 682 g/mol. The molecule has 0 spiro atoms. The number of aromatic hydroxyl groups is 1. The highest BCUT2D eigenvalue weighted by atomic mass is 127. The molecule has 42 heavy (non-hydrogen) atoms. The summed E-state index contributed by atoms with van der Waals surface area (Å²) < 4.78 is 7.16. The maximum absolute atomic E-state index is 14.0. The highest BCUT2D eigenvalue weighted by Gasteiger charge is 2.44. The van der Waals surface area contributed by atoms with Crippen LogP contribution in [-0.4, -0.2) is 81.8 Å². The number of piperidine rings is 1. The van der Waals surface area contributed by atoms with E-state index >= 15 is 0 Å². The number of rotatable bonds is 8. The molecular formula is C31H35IN6O4. The van der Waals surface area contributed by atoms with Crippen molar-refractivity contribution in [2.75, 3.05) is 45.2 Å². The summed E-state index contributed by atoms with van der Waals surface area (Å²) in [5.74, 6) is 0.487. The Hall–Kier alpha value is -3.21. The molecule has 3 aliphatic rings. The van der Waals surface area contributed by atoms with Gasteiger partial charge in [-0.2, -0.15) is 15.2 Å². The van der Waals surface area contributed by atoms with Gasteiger partial charge >= 0.3 is 6.01 Å². The molecule has 2 N–H and O–H groups in total. The molecule has 1 saturated heterocycles. The first kappa shape index (κ1) is 28.9. The number of phenols is 1. The first-order valence-electron chi connectivity index (χ1n) is 14.3. The van der Waals surface area contributed by atoms with Gasteiger partial charge in [0, 0.05) is 39.6 Å². The van der Waals surface area contributed by atoms with Crippen LogP contribution in [0.15, 0.2) is 30.3 Å². The average molecular weight is 683 g/mol. The SMILES string of the molecule is CN(C)CC1(COc2nc3c(c(N4CCCC(O)(CC#N)C4)n2)CN(C(=O)c2cc(O)cc4cccc(I)c24)C3)CC1. The lowest BCUT2D eigenvalue weighted by molar-refractivity contribution is 0.0302. The van der Waals surface area contributed by atoms with Gasteiger partial charge in [0.1, 0.15) is 11.6 Å². The van der Waals surface area contributed by atoms with E-state index in [4.69, 9.17) is 14.7 Å². The van der Waals surface area contributed by atoms with Crippen LogP contribution >= 0.6 is 22.6 Å². The van der Waals surface area contributed by atoms with Crippen LogP contribution in [0.1, 0.15) is 53.7 Å². The second-order valence-electron chi connectivity index (χ2n) is 12.4. The topological polar surface area (TPSA) is 126 Å². The van der Waals surface area contributed by atoms with Crippen LogP contribution in [0.5, 0.6) is 11.8 Å². The van der Waals surface area contributed by atoms with E-state index in [1.165, 1.54) is 6.07 Å². The summed E-state index contributed by atoms with van der Waals surface area (Å²) in [5, 5.41) is 32.5. The van der Waals surface area contributed by atoms with Crippen molar-refractivity contribution in [2.24, 2.45) is 5.41 Å². The number of β-amino-alcohol motifs (C(OH)–C–C–N with tert-alkyl or cyclic N) is 1. The number of amides is 1. The third-order valence-electron chi connectivity index (χ3n) is 8.55.